The Morgan fingerprint density at radius 1 is 1.11 bits per heavy atom. The number of piperazine rings is 1. The second-order valence-corrected chi connectivity index (χ2v) is 11.6. The minimum absolute atomic E-state index is 0.177. The molecule has 7 heteroatoms. The summed E-state index contributed by atoms with van der Waals surface area (Å²) in [7, 11) is 0. The van der Waals surface area contributed by atoms with Gasteiger partial charge in [0.2, 0.25) is 0 Å². The van der Waals surface area contributed by atoms with Crippen molar-refractivity contribution in [2.24, 2.45) is 0 Å². The average molecular weight is 587 g/mol. The van der Waals surface area contributed by atoms with Crippen molar-refractivity contribution in [1.29, 1.82) is 0 Å². The molecule has 2 fully saturated rings. The zero-order valence-electron chi connectivity index (χ0n) is 21.1. The highest BCUT2D eigenvalue weighted by molar-refractivity contribution is 14.1. The van der Waals surface area contributed by atoms with E-state index in [1.807, 2.05) is 24.8 Å². The summed E-state index contributed by atoms with van der Waals surface area (Å²) in [6.45, 7) is 10.7. The first-order valence-electron chi connectivity index (χ1n) is 12.6. The molecular weight excluding hydrogens is 551 g/mol. The monoisotopic (exact) mass is 586 g/mol. The van der Waals surface area contributed by atoms with Crippen LogP contribution in [0, 0.1) is 0 Å². The van der Waals surface area contributed by atoms with Crippen LogP contribution in [0.3, 0.4) is 0 Å². The lowest BCUT2D eigenvalue weighted by Crippen LogP contribution is -2.55. The molecule has 3 aromatic rings. The van der Waals surface area contributed by atoms with Gasteiger partial charge in [0.15, 0.2) is 0 Å². The Morgan fingerprint density at radius 3 is 2.43 bits per heavy atom. The van der Waals surface area contributed by atoms with Crippen LogP contribution in [-0.2, 0) is 11.3 Å². The van der Waals surface area contributed by atoms with Gasteiger partial charge in [-0.25, -0.2) is 9.78 Å². The maximum absolute atomic E-state index is 12.9. The molecule has 0 saturated carbocycles. The van der Waals surface area contributed by atoms with E-state index in [2.05, 4.69) is 88.3 Å². The lowest BCUT2D eigenvalue weighted by molar-refractivity contribution is 0.00259. The molecule has 2 saturated heterocycles. The zero-order chi connectivity index (χ0) is 24.7. The van der Waals surface area contributed by atoms with Crippen LogP contribution in [0.25, 0.3) is 16.9 Å². The van der Waals surface area contributed by atoms with Crippen molar-refractivity contribution in [3.63, 3.8) is 0 Å². The topological polar surface area (TPSA) is 50.1 Å². The number of carbonyl (C=O) groups is 1. The van der Waals surface area contributed by atoms with Gasteiger partial charge in [-0.2, -0.15) is 0 Å². The summed E-state index contributed by atoms with van der Waals surface area (Å²) in [6, 6.07) is 15.7. The normalized spacial score (nSPS) is 20.7. The van der Waals surface area contributed by atoms with E-state index < -0.39 is 5.60 Å². The van der Waals surface area contributed by atoms with Crippen molar-refractivity contribution < 1.29 is 9.53 Å². The van der Waals surface area contributed by atoms with Gasteiger partial charge in [-0.05, 0) is 50.3 Å². The number of pyridine rings is 1. The summed E-state index contributed by atoms with van der Waals surface area (Å²) in [5.41, 5.74) is 5.30. The van der Waals surface area contributed by atoms with Crippen LogP contribution in [-0.4, -0.2) is 60.5 Å². The maximum Gasteiger partial charge on any atom is 0.410 e. The Labute approximate surface area is 221 Å². The summed E-state index contributed by atoms with van der Waals surface area (Å²) < 4.78 is 8.81. The van der Waals surface area contributed by atoms with Crippen LogP contribution in [0.5, 0.6) is 0 Å². The highest BCUT2D eigenvalue weighted by atomic mass is 127. The van der Waals surface area contributed by atoms with Crippen LogP contribution < -0.4 is 0 Å². The SMILES string of the molecule is CC(C)c1ccc(-c2nc3ccccn3c2CN2C3CCC2CN(C(=O)OC(C)(C)CI)C3)cc1. The summed E-state index contributed by atoms with van der Waals surface area (Å²) in [5.74, 6) is 0.505. The van der Waals surface area contributed by atoms with Crippen LogP contribution in [0.15, 0.2) is 48.7 Å². The van der Waals surface area contributed by atoms with Gasteiger partial charge in [0.1, 0.15) is 11.2 Å². The molecule has 2 aliphatic rings. The summed E-state index contributed by atoms with van der Waals surface area (Å²) in [6.07, 6.45) is 4.16. The molecule has 1 aromatic carbocycles. The van der Waals surface area contributed by atoms with E-state index in [0.29, 0.717) is 18.0 Å². The van der Waals surface area contributed by atoms with E-state index in [1.54, 1.807) is 0 Å². The molecule has 0 N–H and O–H groups in total. The van der Waals surface area contributed by atoms with Crippen molar-refractivity contribution in [1.82, 2.24) is 19.2 Å². The number of halogens is 1. The fourth-order valence-corrected chi connectivity index (χ4v) is 5.51. The van der Waals surface area contributed by atoms with Gasteiger partial charge in [0.05, 0.1) is 11.4 Å². The molecule has 0 radical (unpaired) electrons. The number of carbonyl (C=O) groups excluding carboxylic acids is 1. The van der Waals surface area contributed by atoms with Crippen molar-refractivity contribution in [3.8, 4) is 11.3 Å². The first-order chi connectivity index (χ1) is 16.8. The predicted molar refractivity (Wildman–Crippen MR) is 148 cm³/mol. The molecule has 2 bridgehead atoms. The van der Waals surface area contributed by atoms with Gasteiger partial charge in [-0.1, -0.05) is 66.8 Å². The lowest BCUT2D eigenvalue weighted by atomic mass is 10.00. The quantitative estimate of drug-likeness (QED) is 0.258. The first-order valence-corrected chi connectivity index (χ1v) is 14.1. The third kappa shape index (κ3) is 4.94. The van der Waals surface area contributed by atoms with Crippen LogP contribution in [0.2, 0.25) is 0 Å². The second kappa shape index (κ2) is 9.73. The number of hydrogen-bond donors (Lipinski definition) is 0. The fourth-order valence-electron chi connectivity index (χ4n) is 5.35. The second-order valence-electron chi connectivity index (χ2n) is 10.8. The van der Waals surface area contributed by atoms with E-state index in [1.165, 1.54) is 11.3 Å². The molecule has 2 aromatic heterocycles. The number of amides is 1. The first kappa shape index (κ1) is 24.6. The van der Waals surface area contributed by atoms with Crippen molar-refractivity contribution in [2.45, 2.75) is 70.7 Å². The standard InChI is InChI=1S/C28H35IN4O2/c1-19(2)20-8-10-21(11-9-20)26-24(32-14-6-5-7-25(32)30-26)17-33-22-12-13-23(33)16-31(15-22)27(34)35-28(3,4)18-29/h5-11,14,19,22-23H,12-13,15-18H2,1-4H3. The van der Waals surface area contributed by atoms with Crippen LogP contribution in [0.1, 0.15) is 57.7 Å². The van der Waals surface area contributed by atoms with Crippen LogP contribution in [0.4, 0.5) is 4.79 Å². The molecule has 4 heterocycles. The Bertz CT molecular complexity index is 1190. The number of ether oxygens (including phenoxy) is 1. The maximum atomic E-state index is 12.9. The van der Waals surface area contributed by atoms with Gasteiger partial charge in [-0.15, -0.1) is 0 Å². The largest absolute Gasteiger partial charge is 0.443 e. The molecule has 2 aliphatic heterocycles. The predicted octanol–water partition coefficient (Wildman–Crippen LogP) is 6.12. The van der Waals surface area contributed by atoms with E-state index in [0.717, 1.165) is 53.8 Å². The molecule has 0 spiro atoms. The van der Waals surface area contributed by atoms with E-state index in [9.17, 15) is 4.79 Å². The molecule has 2 atom stereocenters. The lowest BCUT2D eigenvalue weighted by Gasteiger charge is -2.41. The molecular formula is C28H35IN4O2. The van der Waals surface area contributed by atoms with Gasteiger partial charge in [0, 0.05) is 47.9 Å². The number of imidazole rings is 1. The summed E-state index contributed by atoms with van der Waals surface area (Å²) in [5, 5.41) is 0. The van der Waals surface area contributed by atoms with E-state index >= 15 is 0 Å². The zero-order valence-corrected chi connectivity index (χ0v) is 23.2. The molecule has 0 aliphatic carbocycles. The number of aromatic nitrogens is 2. The third-order valence-corrected chi connectivity index (χ3v) is 9.23. The highest BCUT2D eigenvalue weighted by Gasteiger charge is 2.43. The number of hydrogen-bond acceptors (Lipinski definition) is 4. The minimum atomic E-state index is -0.440. The van der Waals surface area contributed by atoms with Gasteiger partial charge in [0.25, 0.3) is 0 Å². The van der Waals surface area contributed by atoms with Crippen molar-refractivity contribution >= 4 is 34.3 Å². The molecule has 186 valence electrons. The summed E-state index contributed by atoms with van der Waals surface area (Å²) in [4.78, 5) is 22.4. The Morgan fingerprint density at radius 2 is 1.80 bits per heavy atom. The highest BCUT2D eigenvalue weighted by Crippen LogP contribution is 2.35. The summed E-state index contributed by atoms with van der Waals surface area (Å²) >= 11 is 2.28. The van der Waals surface area contributed by atoms with Gasteiger partial charge < -0.3 is 14.0 Å². The van der Waals surface area contributed by atoms with Gasteiger partial charge >= 0.3 is 6.09 Å². The Balaban J connectivity index is 1.40. The molecule has 5 rings (SSSR count). The Kier molecular flexibility index (Phi) is 6.83. The number of fused-ring (bicyclic) bond motifs is 3. The molecule has 35 heavy (non-hydrogen) atoms. The number of rotatable bonds is 6. The van der Waals surface area contributed by atoms with Crippen molar-refractivity contribution in [2.75, 3.05) is 17.5 Å². The molecule has 2 unspecified atom stereocenters. The smallest absolute Gasteiger partial charge is 0.410 e. The molecule has 6 nitrogen and oxygen atoms in total. The van der Waals surface area contributed by atoms with Crippen LogP contribution >= 0.6 is 22.6 Å². The fraction of sp³-hybridized carbons (Fsp3) is 0.500. The Hall–Kier alpha value is -2.13. The third-order valence-electron chi connectivity index (χ3n) is 7.39. The minimum Gasteiger partial charge on any atom is -0.443 e. The van der Waals surface area contributed by atoms with Crippen molar-refractivity contribution in [3.05, 3.63) is 59.9 Å². The van der Waals surface area contributed by atoms with Gasteiger partial charge in [-0.3, -0.25) is 4.90 Å². The average Bonchev–Trinajstić information content (AvgIpc) is 3.31. The van der Waals surface area contributed by atoms with E-state index in [4.69, 9.17) is 9.72 Å². The van der Waals surface area contributed by atoms with E-state index in [-0.39, 0.29) is 6.09 Å². The molecule has 1 amide bonds. The number of likely N-dealkylation sites (tertiary alicyclic amines) is 1. The number of benzene rings is 1. The number of alkyl halides is 1. The number of nitrogens with zero attached hydrogens (tertiary/aromatic N) is 4.